The molecular formula is C18H28O6. The zero-order valence-corrected chi connectivity index (χ0v) is 14.7. The first kappa shape index (κ1) is 17.7. The first-order chi connectivity index (χ1) is 11.2. The maximum atomic E-state index is 12.5. The highest BCUT2D eigenvalue weighted by Gasteiger charge is 2.61. The van der Waals surface area contributed by atoms with E-state index in [0.29, 0.717) is 19.4 Å². The fourth-order valence-corrected chi connectivity index (χ4v) is 4.17. The molecule has 4 unspecified atom stereocenters. The molecule has 6 heteroatoms. The number of aliphatic hydroxyl groups is 1. The molecule has 0 amide bonds. The Balaban J connectivity index is 1.54. The van der Waals surface area contributed by atoms with E-state index in [2.05, 4.69) is 0 Å². The minimum absolute atomic E-state index is 0.0423. The average Bonchev–Trinajstić information content (AvgIpc) is 3.21. The van der Waals surface area contributed by atoms with Crippen molar-refractivity contribution in [3.63, 3.8) is 0 Å². The van der Waals surface area contributed by atoms with Gasteiger partial charge in [0.25, 0.3) is 0 Å². The Kier molecular flexibility index (Phi) is 4.64. The van der Waals surface area contributed by atoms with Crippen molar-refractivity contribution in [1.29, 1.82) is 0 Å². The lowest BCUT2D eigenvalue weighted by Crippen LogP contribution is -2.41. The maximum Gasteiger partial charge on any atom is 0.309 e. The number of carbonyl (C=O) groups excluding carboxylic acids is 2. The summed E-state index contributed by atoms with van der Waals surface area (Å²) in [6.45, 7) is 4.19. The third-order valence-electron chi connectivity index (χ3n) is 6.06. The van der Waals surface area contributed by atoms with Gasteiger partial charge in [-0.1, -0.05) is 0 Å². The van der Waals surface area contributed by atoms with E-state index in [9.17, 15) is 14.7 Å². The van der Waals surface area contributed by atoms with Crippen molar-refractivity contribution in [3.8, 4) is 0 Å². The number of rotatable bonds is 4. The third-order valence-corrected chi connectivity index (χ3v) is 6.06. The van der Waals surface area contributed by atoms with Gasteiger partial charge in [0.05, 0.1) is 42.9 Å². The Morgan fingerprint density at radius 2 is 1.83 bits per heavy atom. The van der Waals surface area contributed by atoms with Gasteiger partial charge in [-0.3, -0.25) is 9.59 Å². The average molecular weight is 340 g/mol. The van der Waals surface area contributed by atoms with Gasteiger partial charge < -0.3 is 19.3 Å². The van der Waals surface area contributed by atoms with Crippen LogP contribution in [-0.4, -0.2) is 48.1 Å². The molecule has 3 rings (SSSR count). The number of fused-ring (bicyclic) bond motifs is 1. The SMILES string of the molecule is COC(=O)C1CC2(C)OC2CC1C(=O)OCC1CCC(C)(O)CC1. The summed E-state index contributed by atoms with van der Waals surface area (Å²) in [4.78, 5) is 24.6. The molecular weight excluding hydrogens is 312 g/mol. The zero-order valence-electron chi connectivity index (χ0n) is 14.7. The van der Waals surface area contributed by atoms with Crippen molar-refractivity contribution in [1.82, 2.24) is 0 Å². The van der Waals surface area contributed by atoms with Gasteiger partial charge >= 0.3 is 11.9 Å². The van der Waals surface area contributed by atoms with E-state index in [-0.39, 0.29) is 29.6 Å². The summed E-state index contributed by atoms with van der Waals surface area (Å²) in [7, 11) is 1.35. The van der Waals surface area contributed by atoms with Crippen LogP contribution in [0.15, 0.2) is 0 Å². The molecule has 1 heterocycles. The van der Waals surface area contributed by atoms with Gasteiger partial charge in [-0.15, -0.1) is 0 Å². The van der Waals surface area contributed by atoms with Gasteiger partial charge in [-0.05, 0) is 58.3 Å². The summed E-state index contributed by atoms with van der Waals surface area (Å²) in [5, 5.41) is 9.98. The van der Waals surface area contributed by atoms with Crippen molar-refractivity contribution in [2.75, 3.05) is 13.7 Å². The molecule has 0 aromatic rings. The van der Waals surface area contributed by atoms with Crippen molar-refractivity contribution < 1.29 is 28.9 Å². The Morgan fingerprint density at radius 1 is 1.17 bits per heavy atom. The van der Waals surface area contributed by atoms with Gasteiger partial charge in [-0.25, -0.2) is 0 Å². The lowest BCUT2D eigenvalue weighted by atomic mass is 9.74. The summed E-state index contributed by atoms with van der Waals surface area (Å²) in [5.74, 6) is -1.36. The second-order valence-electron chi connectivity index (χ2n) is 8.17. The molecule has 0 aromatic heterocycles. The van der Waals surface area contributed by atoms with E-state index < -0.39 is 17.4 Å². The lowest BCUT2D eigenvalue weighted by Gasteiger charge is -2.33. The van der Waals surface area contributed by atoms with Crippen LogP contribution >= 0.6 is 0 Å². The van der Waals surface area contributed by atoms with Crippen LogP contribution in [0.3, 0.4) is 0 Å². The van der Waals surface area contributed by atoms with Gasteiger partial charge in [0.2, 0.25) is 0 Å². The van der Waals surface area contributed by atoms with Crippen LogP contribution in [0.2, 0.25) is 0 Å². The zero-order chi connectivity index (χ0) is 17.5. The topological polar surface area (TPSA) is 85.4 Å². The van der Waals surface area contributed by atoms with E-state index in [1.807, 2.05) is 13.8 Å². The molecule has 2 saturated carbocycles. The largest absolute Gasteiger partial charge is 0.469 e. The highest BCUT2D eigenvalue weighted by Crippen LogP contribution is 2.52. The molecule has 3 aliphatic rings. The predicted octanol–water partition coefficient (Wildman–Crippen LogP) is 1.83. The summed E-state index contributed by atoms with van der Waals surface area (Å²) >= 11 is 0. The van der Waals surface area contributed by atoms with Crippen molar-refractivity contribution >= 4 is 11.9 Å². The number of epoxide rings is 1. The van der Waals surface area contributed by atoms with E-state index >= 15 is 0 Å². The van der Waals surface area contributed by atoms with Gasteiger partial charge in [0, 0.05) is 0 Å². The van der Waals surface area contributed by atoms with Crippen molar-refractivity contribution in [3.05, 3.63) is 0 Å². The highest BCUT2D eigenvalue weighted by atomic mass is 16.6. The van der Waals surface area contributed by atoms with Gasteiger partial charge in [0.15, 0.2) is 0 Å². The van der Waals surface area contributed by atoms with Crippen molar-refractivity contribution in [2.45, 2.75) is 69.7 Å². The number of hydrogen-bond donors (Lipinski definition) is 1. The number of hydrogen-bond acceptors (Lipinski definition) is 6. The Morgan fingerprint density at radius 3 is 2.46 bits per heavy atom. The van der Waals surface area contributed by atoms with Crippen LogP contribution in [0.5, 0.6) is 0 Å². The summed E-state index contributed by atoms with van der Waals surface area (Å²) < 4.78 is 16.0. The molecule has 0 aromatic carbocycles. The van der Waals surface area contributed by atoms with E-state index in [1.165, 1.54) is 7.11 Å². The second kappa shape index (κ2) is 6.30. The quantitative estimate of drug-likeness (QED) is 0.621. The minimum Gasteiger partial charge on any atom is -0.469 e. The third kappa shape index (κ3) is 3.59. The second-order valence-corrected chi connectivity index (χ2v) is 8.17. The standard InChI is InChI=1S/C18H28O6/c1-17(21)6-4-11(5-7-17)10-23-16(20)12-8-14-18(2,24-14)9-13(12)15(19)22-3/h11-14,21H,4-10H2,1-3H3. The Labute approximate surface area is 142 Å². The van der Waals surface area contributed by atoms with Crippen LogP contribution in [0.25, 0.3) is 0 Å². The first-order valence-corrected chi connectivity index (χ1v) is 8.89. The number of ether oxygens (including phenoxy) is 3. The van der Waals surface area contributed by atoms with E-state index in [1.54, 1.807) is 0 Å². The molecule has 24 heavy (non-hydrogen) atoms. The molecule has 6 nitrogen and oxygen atoms in total. The lowest BCUT2D eigenvalue weighted by molar-refractivity contribution is -0.162. The molecule has 1 aliphatic heterocycles. The molecule has 4 atom stereocenters. The normalized spacial score (nSPS) is 44.3. The molecule has 0 spiro atoms. The molecule has 0 radical (unpaired) electrons. The number of esters is 2. The fraction of sp³-hybridized carbons (Fsp3) is 0.889. The van der Waals surface area contributed by atoms with Crippen LogP contribution in [-0.2, 0) is 23.8 Å². The molecule has 3 fully saturated rings. The predicted molar refractivity (Wildman–Crippen MR) is 85.0 cm³/mol. The molecule has 1 N–H and O–H groups in total. The van der Waals surface area contributed by atoms with Crippen LogP contribution < -0.4 is 0 Å². The Hall–Kier alpha value is -1.14. The smallest absolute Gasteiger partial charge is 0.309 e. The highest BCUT2D eigenvalue weighted by molar-refractivity contribution is 5.82. The van der Waals surface area contributed by atoms with Gasteiger partial charge in [0.1, 0.15) is 0 Å². The monoisotopic (exact) mass is 340 g/mol. The molecule has 0 bridgehead atoms. The fourth-order valence-electron chi connectivity index (χ4n) is 4.17. The molecule has 2 aliphatic carbocycles. The van der Waals surface area contributed by atoms with E-state index in [4.69, 9.17) is 14.2 Å². The van der Waals surface area contributed by atoms with Crippen LogP contribution in [0.4, 0.5) is 0 Å². The summed E-state index contributed by atoms with van der Waals surface area (Å²) in [6, 6.07) is 0. The number of methoxy groups -OCH3 is 1. The van der Waals surface area contributed by atoms with Gasteiger partial charge in [-0.2, -0.15) is 0 Å². The number of carbonyl (C=O) groups is 2. The molecule has 1 saturated heterocycles. The summed E-state index contributed by atoms with van der Waals surface area (Å²) in [6.07, 6.45) is 4.26. The maximum absolute atomic E-state index is 12.5. The first-order valence-electron chi connectivity index (χ1n) is 8.89. The van der Waals surface area contributed by atoms with Crippen LogP contribution in [0, 0.1) is 17.8 Å². The summed E-state index contributed by atoms with van der Waals surface area (Å²) in [5.41, 5.74) is -0.877. The molecule has 136 valence electrons. The van der Waals surface area contributed by atoms with Crippen LogP contribution in [0.1, 0.15) is 52.4 Å². The Bertz CT molecular complexity index is 506. The van der Waals surface area contributed by atoms with E-state index in [0.717, 1.165) is 25.7 Å². The minimum atomic E-state index is -0.590. The van der Waals surface area contributed by atoms with Crippen molar-refractivity contribution in [2.24, 2.45) is 17.8 Å².